The van der Waals surface area contributed by atoms with E-state index in [0.717, 1.165) is 23.2 Å². The number of aryl methyl sites for hydroxylation is 2. The van der Waals surface area contributed by atoms with Crippen LogP contribution in [0, 0.1) is 13.8 Å². The molecule has 0 aliphatic carbocycles. The molecular formula is C20H26N2O2S. The molecular weight excluding hydrogens is 332 g/mol. The molecule has 0 saturated carbocycles. The Bertz CT molecular complexity index is 823. The highest BCUT2D eigenvalue weighted by Crippen LogP contribution is 2.17. The van der Waals surface area contributed by atoms with Gasteiger partial charge in [0.05, 0.1) is 4.90 Å². The van der Waals surface area contributed by atoms with E-state index in [-0.39, 0.29) is 0 Å². The van der Waals surface area contributed by atoms with Crippen LogP contribution >= 0.6 is 0 Å². The molecule has 1 saturated heterocycles. The first kappa shape index (κ1) is 18.1. The molecule has 4 nitrogen and oxygen atoms in total. The van der Waals surface area contributed by atoms with Gasteiger partial charge in [-0.1, -0.05) is 36.4 Å². The molecule has 1 heterocycles. The summed E-state index contributed by atoms with van der Waals surface area (Å²) in [6, 6.07) is 13.7. The number of benzene rings is 2. The van der Waals surface area contributed by atoms with Gasteiger partial charge in [0, 0.05) is 13.1 Å². The van der Waals surface area contributed by atoms with Crippen LogP contribution in [-0.2, 0) is 23.1 Å². The normalized spacial score (nSPS) is 15.6. The maximum absolute atomic E-state index is 12.6. The molecule has 3 rings (SSSR count). The largest absolute Gasteiger partial charge is 0.299 e. The third kappa shape index (κ3) is 4.69. The lowest BCUT2D eigenvalue weighted by atomic mass is 10.1. The van der Waals surface area contributed by atoms with Crippen molar-refractivity contribution in [2.24, 2.45) is 0 Å². The first-order valence-corrected chi connectivity index (χ1v) is 10.3. The van der Waals surface area contributed by atoms with Crippen molar-refractivity contribution in [3.05, 3.63) is 64.7 Å². The molecule has 2 aromatic carbocycles. The van der Waals surface area contributed by atoms with Crippen molar-refractivity contribution in [1.29, 1.82) is 0 Å². The molecule has 134 valence electrons. The second kappa shape index (κ2) is 7.68. The molecule has 1 fully saturated rings. The van der Waals surface area contributed by atoms with Gasteiger partial charge in [-0.2, -0.15) is 0 Å². The zero-order valence-electron chi connectivity index (χ0n) is 15.0. The lowest BCUT2D eigenvalue weighted by Gasteiger charge is -2.15. The zero-order valence-corrected chi connectivity index (χ0v) is 15.8. The molecule has 0 aromatic heterocycles. The number of hydrogen-bond donors (Lipinski definition) is 1. The van der Waals surface area contributed by atoms with Crippen LogP contribution in [0.1, 0.15) is 35.1 Å². The van der Waals surface area contributed by atoms with Crippen LogP contribution in [0.5, 0.6) is 0 Å². The fourth-order valence-electron chi connectivity index (χ4n) is 3.21. The molecule has 2 aromatic rings. The van der Waals surface area contributed by atoms with Gasteiger partial charge in [0.1, 0.15) is 0 Å². The summed E-state index contributed by atoms with van der Waals surface area (Å²) in [6.45, 7) is 7.36. The average Bonchev–Trinajstić information content (AvgIpc) is 3.09. The molecule has 0 radical (unpaired) electrons. The SMILES string of the molecule is Cc1ccc(C)c(S(=O)(=O)NCc2ccc(CN3CCCC3)cc2)c1. The number of likely N-dealkylation sites (tertiary alicyclic amines) is 1. The summed E-state index contributed by atoms with van der Waals surface area (Å²) in [5, 5.41) is 0. The zero-order chi connectivity index (χ0) is 17.9. The Morgan fingerprint density at radius 1 is 0.960 bits per heavy atom. The van der Waals surface area contributed by atoms with Gasteiger partial charge in [0.25, 0.3) is 0 Å². The van der Waals surface area contributed by atoms with Crippen LogP contribution in [0.4, 0.5) is 0 Å². The van der Waals surface area contributed by atoms with Crippen molar-refractivity contribution < 1.29 is 8.42 Å². The third-order valence-corrected chi connectivity index (χ3v) is 6.27. The fourth-order valence-corrected chi connectivity index (χ4v) is 4.56. The van der Waals surface area contributed by atoms with E-state index >= 15 is 0 Å². The van der Waals surface area contributed by atoms with Gasteiger partial charge in [-0.25, -0.2) is 13.1 Å². The molecule has 0 amide bonds. The summed E-state index contributed by atoms with van der Waals surface area (Å²) < 4.78 is 27.8. The Kier molecular flexibility index (Phi) is 5.57. The van der Waals surface area contributed by atoms with Crippen LogP contribution in [0.25, 0.3) is 0 Å². The lowest BCUT2D eigenvalue weighted by Crippen LogP contribution is -2.24. The standard InChI is InChI=1S/C20H26N2O2S/c1-16-5-6-17(2)20(13-16)25(23,24)21-14-18-7-9-19(10-8-18)15-22-11-3-4-12-22/h5-10,13,21H,3-4,11-12,14-15H2,1-2H3. The van der Waals surface area contributed by atoms with E-state index < -0.39 is 10.0 Å². The average molecular weight is 359 g/mol. The summed E-state index contributed by atoms with van der Waals surface area (Å²) in [4.78, 5) is 2.82. The number of hydrogen-bond acceptors (Lipinski definition) is 3. The second-order valence-corrected chi connectivity index (χ2v) is 8.63. The van der Waals surface area contributed by atoms with Gasteiger partial charge in [0.15, 0.2) is 0 Å². The molecule has 0 bridgehead atoms. The van der Waals surface area contributed by atoms with E-state index in [1.807, 2.05) is 38.1 Å². The molecule has 1 N–H and O–H groups in total. The summed E-state index contributed by atoms with van der Waals surface area (Å²) in [7, 11) is -3.50. The highest BCUT2D eigenvalue weighted by Gasteiger charge is 2.17. The summed E-state index contributed by atoms with van der Waals surface area (Å²) in [5.41, 5.74) is 3.96. The van der Waals surface area contributed by atoms with Gasteiger partial charge in [0.2, 0.25) is 10.0 Å². The van der Waals surface area contributed by atoms with Crippen molar-refractivity contribution in [2.45, 2.75) is 44.7 Å². The van der Waals surface area contributed by atoms with Crippen molar-refractivity contribution in [3.63, 3.8) is 0 Å². The third-order valence-electron chi connectivity index (χ3n) is 4.73. The number of nitrogens with one attached hydrogen (secondary N) is 1. The van der Waals surface area contributed by atoms with Crippen molar-refractivity contribution in [3.8, 4) is 0 Å². The van der Waals surface area contributed by atoms with Crippen LogP contribution in [-0.4, -0.2) is 26.4 Å². The van der Waals surface area contributed by atoms with Crippen molar-refractivity contribution >= 4 is 10.0 Å². The first-order chi connectivity index (χ1) is 11.9. The molecule has 25 heavy (non-hydrogen) atoms. The quantitative estimate of drug-likeness (QED) is 0.861. The molecule has 0 unspecified atom stereocenters. The maximum Gasteiger partial charge on any atom is 0.241 e. The van der Waals surface area contributed by atoms with Gasteiger partial charge in [-0.3, -0.25) is 4.90 Å². The Morgan fingerprint density at radius 3 is 2.28 bits per heavy atom. The Hall–Kier alpha value is -1.69. The van der Waals surface area contributed by atoms with Crippen molar-refractivity contribution in [1.82, 2.24) is 9.62 Å². The van der Waals surface area contributed by atoms with E-state index in [1.165, 1.54) is 31.5 Å². The fraction of sp³-hybridized carbons (Fsp3) is 0.400. The van der Waals surface area contributed by atoms with Crippen LogP contribution < -0.4 is 4.72 Å². The Morgan fingerprint density at radius 2 is 1.60 bits per heavy atom. The summed E-state index contributed by atoms with van der Waals surface area (Å²) in [6.07, 6.45) is 2.58. The van der Waals surface area contributed by atoms with E-state index in [2.05, 4.69) is 21.8 Å². The number of nitrogens with zero attached hydrogens (tertiary/aromatic N) is 1. The number of sulfonamides is 1. The topological polar surface area (TPSA) is 49.4 Å². The van der Waals surface area contributed by atoms with Crippen LogP contribution in [0.15, 0.2) is 47.4 Å². The monoisotopic (exact) mass is 358 g/mol. The van der Waals surface area contributed by atoms with E-state index in [9.17, 15) is 8.42 Å². The molecule has 0 spiro atoms. The molecule has 0 atom stereocenters. The predicted octanol–water partition coefficient (Wildman–Crippen LogP) is 3.38. The Balaban J connectivity index is 1.63. The maximum atomic E-state index is 12.6. The summed E-state index contributed by atoms with van der Waals surface area (Å²) >= 11 is 0. The van der Waals surface area contributed by atoms with Gasteiger partial charge in [-0.05, 0) is 68.1 Å². The van der Waals surface area contributed by atoms with Gasteiger partial charge < -0.3 is 0 Å². The van der Waals surface area contributed by atoms with Crippen LogP contribution in [0.2, 0.25) is 0 Å². The highest BCUT2D eigenvalue weighted by atomic mass is 32.2. The molecule has 5 heteroatoms. The lowest BCUT2D eigenvalue weighted by molar-refractivity contribution is 0.331. The minimum absolute atomic E-state index is 0.305. The van der Waals surface area contributed by atoms with Crippen molar-refractivity contribution in [2.75, 3.05) is 13.1 Å². The minimum Gasteiger partial charge on any atom is -0.299 e. The van der Waals surface area contributed by atoms with Gasteiger partial charge in [-0.15, -0.1) is 0 Å². The van der Waals surface area contributed by atoms with E-state index in [1.54, 1.807) is 6.07 Å². The number of rotatable bonds is 6. The van der Waals surface area contributed by atoms with E-state index in [0.29, 0.717) is 11.4 Å². The second-order valence-electron chi connectivity index (χ2n) is 6.89. The predicted molar refractivity (Wildman–Crippen MR) is 101 cm³/mol. The highest BCUT2D eigenvalue weighted by molar-refractivity contribution is 7.89. The van der Waals surface area contributed by atoms with E-state index in [4.69, 9.17) is 0 Å². The molecule has 1 aliphatic heterocycles. The summed E-state index contributed by atoms with van der Waals surface area (Å²) in [5.74, 6) is 0. The minimum atomic E-state index is -3.50. The molecule has 1 aliphatic rings. The smallest absolute Gasteiger partial charge is 0.241 e. The van der Waals surface area contributed by atoms with Crippen LogP contribution in [0.3, 0.4) is 0 Å². The van der Waals surface area contributed by atoms with Gasteiger partial charge >= 0.3 is 0 Å². The first-order valence-electron chi connectivity index (χ1n) is 8.81. The Labute approximate surface area is 150 Å².